The molecule has 0 bridgehead atoms. The molecule has 4 heteroatoms. The number of benzene rings is 2. The third-order valence-corrected chi connectivity index (χ3v) is 3.37. The maximum atomic E-state index is 8.83. The fourth-order valence-electron chi connectivity index (χ4n) is 1.81. The van der Waals surface area contributed by atoms with Crippen LogP contribution in [0.3, 0.4) is 0 Å². The van der Waals surface area contributed by atoms with Crippen LogP contribution in [0.1, 0.15) is 5.56 Å². The maximum Gasteiger partial charge on any atom is 0.181 e. The number of hydrogen-bond donors (Lipinski definition) is 1. The first-order chi connectivity index (χ1) is 7.78. The summed E-state index contributed by atoms with van der Waals surface area (Å²) < 4.78 is 1.08. The quantitative estimate of drug-likeness (QED) is 0.639. The fourth-order valence-corrected chi connectivity index (χ4v) is 2.56. The Kier molecular flexibility index (Phi) is 1.82. The van der Waals surface area contributed by atoms with E-state index in [9.17, 15) is 0 Å². The molecular weight excluding hydrogens is 218 g/mol. The van der Waals surface area contributed by atoms with Crippen molar-refractivity contribution >= 4 is 37.5 Å². The van der Waals surface area contributed by atoms with Gasteiger partial charge in [0.25, 0.3) is 0 Å². The van der Waals surface area contributed by atoms with E-state index in [1.165, 1.54) is 11.3 Å². The second kappa shape index (κ2) is 3.19. The Morgan fingerprint density at radius 3 is 2.94 bits per heavy atom. The average molecular weight is 225 g/mol. The summed E-state index contributed by atoms with van der Waals surface area (Å²) in [5, 5.41) is 11.5. The van der Waals surface area contributed by atoms with Gasteiger partial charge in [-0.1, -0.05) is 23.5 Å². The lowest BCUT2D eigenvalue weighted by Gasteiger charge is -1.98. The van der Waals surface area contributed by atoms with Gasteiger partial charge in [-0.05, 0) is 23.6 Å². The molecule has 76 valence electrons. The van der Waals surface area contributed by atoms with E-state index in [4.69, 9.17) is 11.0 Å². The second-order valence-corrected chi connectivity index (χ2v) is 4.57. The fraction of sp³-hybridized carbons (Fsp3) is 0. The summed E-state index contributed by atoms with van der Waals surface area (Å²) in [4.78, 5) is 4.31. The molecular formula is C12H7N3S. The van der Waals surface area contributed by atoms with Crippen LogP contribution in [0.4, 0.5) is 5.13 Å². The molecule has 1 aromatic heterocycles. The van der Waals surface area contributed by atoms with Crippen molar-refractivity contribution in [1.29, 1.82) is 5.26 Å². The Morgan fingerprint density at radius 1 is 1.25 bits per heavy atom. The van der Waals surface area contributed by atoms with Crippen LogP contribution in [0.15, 0.2) is 30.3 Å². The first kappa shape index (κ1) is 9.13. The summed E-state index contributed by atoms with van der Waals surface area (Å²) in [6.45, 7) is 0. The van der Waals surface area contributed by atoms with Gasteiger partial charge < -0.3 is 5.73 Å². The molecule has 0 saturated heterocycles. The number of nitrogens with zero attached hydrogens (tertiary/aromatic N) is 2. The van der Waals surface area contributed by atoms with Crippen LogP contribution < -0.4 is 5.73 Å². The van der Waals surface area contributed by atoms with Crippen molar-refractivity contribution in [3.05, 3.63) is 35.9 Å². The summed E-state index contributed by atoms with van der Waals surface area (Å²) >= 11 is 1.48. The van der Waals surface area contributed by atoms with Gasteiger partial charge in [-0.25, -0.2) is 4.98 Å². The topological polar surface area (TPSA) is 62.7 Å². The maximum absolute atomic E-state index is 8.83. The van der Waals surface area contributed by atoms with E-state index < -0.39 is 0 Å². The molecule has 1 heterocycles. The predicted octanol–water partition coefficient (Wildman–Crippen LogP) is 2.90. The van der Waals surface area contributed by atoms with E-state index in [-0.39, 0.29) is 0 Å². The summed E-state index contributed by atoms with van der Waals surface area (Å²) in [7, 11) is 0. The number of nitrogens with two attached hydrogens (primary N) is 1. The highest BCUT2D eigenvalue weighted by molar-refractivity contribution is 7.22. The van der Waals surface area contributed by atoms with Crippen LogP contribution in [0.5, 0.6) is 0 Å². The van der Waals surface area contributed by atoms with Crippen LogP contribution in [0.2, 0.25) is 0 Å². The highest BCUT2D eigenvalue weighted by Crippen LogP contribution is 2.30. The number of hydrogen-bond acceptors (Lipinski definition) is 4. The number of rotatable bonds is 0. The van der Waals surface area contributed by atoms with Crippen molar-refractivity contribution < 1.29 is 0 Å². The molecule has 2 N–H and O–H groups in total. The van der Waals surface area contributed by atoms with Gasteiger partial charge in [0.05, 0.1) is 21.8 Å². The minimum absolute atomic E-state index is 0.576. The van der Waals surface area contributed by atoms with Gasteiger partial charge in [0.1, 0.15) is 0 Å². The highest BCUT2D eigenvalue weighted by atomic mass is 32.1. The molecule has 0 fully saturated rings. The van der Waals surface area contributed by atoms with Crippen molar-refractivity contribution in [3.8, 4) is 6.07 Å². The SMILES string of the molecule is N#Cc1ccc2c(ccc3sc(N)nc32)c1. The Labute approximate surface area is 95.8 Å². The Hall–Kier alpha value is -2.12. The van der Waals surface area contributed by atoms with Gasteiger partial charge in [0.15, 0.2) is 5.13 Å². The van der Waals surface area contributed by atoms with E-state index >= 15 is 0 Å². The Balaban J connectivity index is 2.48. The van der Waals surface area contributed by atoms with E-state index in [1.54, 1.807) is 6.07 Å². The normalized spacial score (nSPS) is 10.7. The smallest absolute Gasteiger partial charge is 0.181 e. The second-order valence-electron chi connectivity index (χ2n) is 3.51. The standard InChI is InChI=1S/C12H7N3S/c13-6-7-1-3-9-8(5-7)2-4-10-11(9)15-12(14)16-10/h1-5H,(H2,14,15). The summed E-state index contributed by atoms with van der Waals surface area (Å²) in [6, 6.07) is 11.7. The van der Waals surface area contributed by atoms with Crippen LogP contribution in [-0.4, -0.2) is 4.98 Å². The molecule has 0 aliphatic heterocycles. The van der Waals surface area contributed by atoms with Crippen molar-refractivity contribution in [2.45, 2.75) is 0 Å². The molecule has 3 nitrogen and oxygen atoms in total. The van der Waals surface area contributed by atoms with Crippen LogP contribution in [0.25, 0.3) is 21.0 Å². The van der Waals surface area contributed by atoms with Crippen LogP contribution >= 0.6 is 11.3 Å². The average Bonchev–Trinajstić information content (AvgIpc) is 2.69. The number of thiazole rings is 1. The minimum Gasteiger partial charge on any atom is -0.375 e. The minimum atomic E-state index is 0.576. The van der Waals surface area contributed by atoms with Gasteiger partial charge in [0, 0.05) is 5.39 Å². The zero-order valence-electron chi connectivity index (χ0n) is 8.27. The molecule has 0 unspecified atom stereocenters. The first-order valence-corrected chi connectivity index (χ1v) is 5.58. The van der Waals surface area contributed by atoms with Gasteiger partial charge >= 0.3 is 0 Å². The largest absolute Gasteiger partial charge is 0.375 e. The molecule has 0 amide bonds. The van der Waals surface area contributed by atoms with E-state index in [2.05, 4.69) is 11.1 Å². The lowest BCUT2D eigenvalue weighted by Crippen LogP contribution is -1.81. The van der Waals surface area contributed by atoms with Gasteiger partial charge in [0.2, 0.25) is 0 Å². The van der Waals surface area contributed by atoms with Crippen molar-refractivity contribution in [3.63, 3.8) is 0 Å². The summed E-state index contributed by atoms with van der Waals surface area (Å²) in [5.41, 5.74) is 7.28. The number of fused-ring (bicyclic) bond motifs is 3. The molecule has 0 aliphatic rings. The molecule has 3 aromatic rings. The van der Waals surface area contributed by atoms with Crippen LogP contribution in [0, 0.1) is 11.3 Å². The highest BCUT2D eigenvalue weighted by Gasteiger charge is 2.05. The number of anilines is 1. The molecule has 0 radical (unpaired) electrons. The number of aromatic nitrogens is 1. The molecule has 0 aliphatic carbocycles. The van der Waals surface area contributed by atoms with Gasteiger partial charge in [-0.15, -0.1) is 0 Å². The third-order valence-electron chi connectivity index (χ3n) is 2.52. The zero-order chi connectivity index (χ0) is 11.1. The monoisotopic (exact) mass is 225 g/mol. The molecule has 3 rings (SSSR count). The molecule has 2 aromatic carbocycles. The van der Waals surface area contributed by atoms with E-state index in [1.807, 2.05) is 24.3 Å². The number of nitriles is 1. The van der Waals surface area contributed by atoms with Crippen molar-refractivity contribution in [2.24, 2.45) is 0 Å². The molecule has 0 spiro atoms. The number of nitrogen functional groups attached to an aromatic ring is 1. The molecule has 0 atom stereocenters. The van der Waals surface area contributed by atoms with E-state index in [0.717, 1.165) is 21.0 Å². The molecule has 0 saturated carbocycles. The van der Waals surface area contributed by atoms with Crippen molar-refractivity contribution in [2.75, 3.05) is 5.73 Å². The molecule has 16 heavy (non-hydrogen) atoms. The van der Waals surface area contributed by atoms with Gasteiger partial charge in [-0.2, -0.15) is 5.26 Å². The lowest BCUT2D eigenvalue weighted by molar-refractivity contribution is 1.49. The lowest BCUT2D eigenvalue weighted by atomic mass is 10.1. The first-order valence-electron chi connectivity index (χ1n) is 4.77. The Morgan fingerprint density at radius 2 is 2.12 bits per heavy atom. The zero-order valence-corrected chi connectivity index (χ0v) is 9.08. The predicted molar refractivity (Wildman–Crippen MR) is 66.3 cm³/mol. The van der Waals surface area contributed by atoms with Crippen molar-refractivity contribution in [1.82, 2.24) is 4.98 Å². The summed E-state index contributed by atoms with van der Waals surface area (Å²) in [5.74, 6) is 0. The van der Waals surface area contributed by atoms with Crippen LogP contribution in [-0.2, 0) is 0 Å². The third kappa shape index (κ3) is 1.23. The Bertz CT molecular complexity index is 737. The summed E-state index contributed by atoms with van der Waals surface area (Å²) in [6.07, 6.45) is 0. The van der Waals surface area contributed by atoms with E-state index in [0.29, 0.717) is 10.7 Å². The van der Waals surface area contributed by atoms with Gasteiger partial charge in [-0.3, -0.25) is 0 Å².